The summed E-state index contributed by atoms with van der Waals surface area (Å²) in [6.07, 6.45) is 4.88. The van der Waals surface area contributed by atoms with Crippen LogP contribution < -0.4 is 11.1 Å². The van der Waals surface area contributed by atoms with Gasteiger partial charge in [-0.3, -0.25) is 0 Å². The SMILES string of the molecule is NC(=NO)c1ccc(CNCC2CCCCC2CO)cc1. The predicted molar refractivity (Wildman–Crippen MR) is 83.2 cm³/mol. The number of rotatable bonds is 6. The highest BCUT2D eigenvalue weighted by Crippen LogP contribution is 2.29. The number of hydrogen-bond donors (Lipinski definition) is 4. The van der Waals surface area contributed by atoms with Crippen molar-refractivity contribution in [2.45, 2.75) is 32.2 Å². The van der Waals surface area contributed by atoms with Gasteiger partial charge in [-0.2, -0.15) is 0 Å². The Bertz CT molecular complexity index is 459. The molecule has 5 N–H and O–H groups in total. The van der Waals surface area contributed by atoms with Crippen LogP contribution in [0.2, 0.25) is 0 Å². The van der Waals surface area contributed by atoms with Gasteiger partial charge in [-0.25, -0.2) is 0 Å². The van der Waals surface area contributed by atoms with Crippen molar-refractivity contribution in [2.75, 3.05) is 13.2 Å². The van der Waals surface area contributed by atoms with E-state index in [0.29, 0.717) is 24.0 Å². The van der Waals surface area contributed by atoms with E-state index in [1.807, 2.05) is 24.3 Å². The number of nitrogens with zero attached hydrogens (tertiary/aromatic N) is 1. The maximum absolute atomic E-state index is 9.41. The summed E-state index contributed by atoms with van der Waals surface area (Å²) in [5, 5.41) is 24.5. The van der Waals surface area contributed by atoms with E-state index in [4.69, 9.17) is 10.9 Å². The molecule has 116 valence electrons. The molecule has 1 aliphatic rings. The van der Waals surface area contributed by atoms with E-state index in [2.05, 4.69) is 10.5 Å². The van der Waals surface area contributed by atoms with Crippen LogP contribution in [0, 0.1) is 11.8 Å². The lowest BCUT2D eigenvalue weighted by Gasteiger charge is -2.30. The third-order valence-corrected chi connectivity index (χ3v) is 4.39. The Kier molecular flexibility index (Phi) is 6.02. The number of amidine groups is 1. The number of benzene rings is 1. The highest BCUT2D eigenvalue weighted by molar-refractivity contribution is 5.96. The lowest BCUT2D eigenvalue weighted by atomic mass is 9.79. The second-order valence-corrected chi connectivity index (χ2v) is 5.80. The first-order valence-corrected chi connectivity index (χ1v) is 7.63. The Labute approximate surface area is 125 Å². The summed E-state index contributed by atoms with van der Waals surface area (Å²) >= 11 is 0. The molecule has 0 aromatic heterocycles. The molecule has 0 spiro atoms. The van der Waals surface area contributed by atoms with E-state index in [1.54, 1.807) is 0 Å². The molecule has 1 fully saturated rings. The van der Waals surface area contributed by atoms with Crippen molar-refractivity contribution in [3.05, 3.63) is 35.4 Å². The summed E-state index contributed by atoms with van der Waals surface area (Å²) in [4.78, 5) is 0. The van der Waals surface area contributed by atoms with Crippen LogP contribution in [-0.4, -0.2) is 29.3 Å². The van der Waals surface area contributed by atoms with Gasteiger partial charge in [0.05, 0.1) is 0 Å². The van der Waals surface area contributed by atoms with Gasteiger partial charge in [-0.05, 0) is 36.8 Å². The zero-order valence-corrected chi connectivity index (χ0v) is 12.3. The Balaban J connectivity index is 1.80. The monoisotopic (exact) mass is 291 g/mol. The molecular formula is C16H25N3O2. The molecule has 1 saturated carbocycles. The average Bonchev–Trinajstić information content (AvgIpc) is 2.55. The van der Waals surface area contributed by atoms with E-state index < -0.39 is 0 Å². The summed E-state index contributed by atoms with van der Waals surface area (Å²) in [5.41, 5.74) is 7.42. The fraction of sp³-hybridized carbons (Fsp3) is 0.562. The minimum Gasteiger partial charge on any atom is -0.409 e. The third-order valence-electron chi connectivity index (χ3n) is 4.39. The molecule has 1 aliphatic carbocycles. The summed E-state index contributed by atoms with van der Waals surface area (Å²) in [7, 11) is 0. The molecule has 0 saturated heterocycles. The molecule has 0 radical (unpaired) electrons. The van der Waals surface area contributed by atoms with Crippen LogP contribution in [-0.2, 0) is 6.54 Å². The maximum Gasteiger partial charge on any atom is 0.170 e. The Hall–Kier alpha value is -1.59. The summed E-state index contributed by atoms with van der Waals surface area (Å²) in [6, 6.07) is 7.65. The molecule has 1 aromatic rings. The van der Waals surface area contributed by atoms with Crippen LogP contribution >= 0.6 is 0 Å². The highest BCUT2D eigenvalue weighted by atomic mass is 16.4. The van der Waals surface area contributed by atoms with Crippen molar-refractivity contribution in [1.82, 2.24) is 5.32 Å². The Morgan fingerprint density at radius 2 is 1.86 bits per heavy atom. The highest BCUT2D eigenvalue weighted by Gasteiger charge is 2.23. The molecule has 0 amide bonds. The topological polar surface area (TPSA) is 90.9 Å². The third kappa shape index (κ3) is 4.44. The molecular weight excluding hydrogens is 266 g/mol. The molecule has 21 heavy (non-hydrogen) atoms. The first kappa shape index (κ1) is 15.8. The summed E-state index contributed by atoms with van der Waals surface area (Å²) in [6.45, 7) is 2.05. The van der Waals surface area contributed by atoms with Gasteiger partial charge in [0.2, 0.25) is 0 Å². The van der Waals surface area contributed by atoms with Crippen LogP contribution in [0.1, 0.15) is 36.8 Å². The quantitative estimate of drug-likeness (QED) is 0.278. The second kappa shape index (κ2) is 8.00. The van der Waals surface area contributed by atoms with Crippen LogP contribution in [0.5, 0.6) is 0 Å². The van der Waals surface area contributed by atoms with E-state index in [-0.39, 0.29) is 5.84 Å². The zero-order chi connectivity index (χ0) is 15.1. The van der Waals surface area contributed by atoms with Crippen molar-refractivity contribution in [2.24, 2.45) is 22.7 Å². The first-order valence-electron chi connectivity index (χ1n) is 7.63. The lowest BCUT2D eigenvalue weighted by Crippen LogP contribution is -2.32. The van der Waals surface area contributed by atoms with Crippen molar-refractivity contribution < 1.29 is 10.3 Å². The Morgan fingerprint density at radius 3 is 2.48 bits per heavy atom. The van der Waals surface area contributed by atoms with Crippen LogP contribution in [0.3, 0.4) is 0 Å². The molecule has 0 heterocycles. The molecule has 0 aliphatic heterocycles. The largest absolute Gasteiger partial charge is 0.409 e. The van der Waals surface area contributed by atoms with Crippen LogP contribution in [0.25, 0.3) is 0 Å². The fourth-order valence-corrected chi connectivity index (χ4v) is 3.05. The number of oxime groups is 1. The normalized spacial score (nSPS) is 23.2. The summed E-state index contributed by atoms with van der Waals surface area (Å²) in [5.74, 6) is 1.16. The van der Waals surface area contributed by atoms with Crippen molar-refractivity contribution in [3.63, 3.8) is 0 Å². The van der Waals surface area contributed by atoms with E-state index in [1.165, 1.54) is 24.8 Å². The van der Waals surface area contributed by atoms with Crippen LogP contribution in [0.15, 0.2) is 29.4 Å². The number of nitrogens with one attached hydrogen (secondary N) is 1. The van der Waals surface area contributed by atoms with Gasteiger partial charge >= 0.3 is 0 Å². The van der Waals surface area contributed by atoms with Gasteiger partial charge in [0, 0.05) is 18.7 Å². The standard InChI is InChI=1S/C16H25N3O2/c17-16(19-21)13-7-5-12(6-8-13)9-18-10-14-3-1-2-4-15(14)11-20/h5-8,14-15,18,20-21H,1-4,9-11H2,(H2,17,19). The van der Waals surface area contributed by atoms with Gasteiger partial charge in [0.1, 0.15) is 0 Å². The summed E-state index contributed by atoms with van der Waals surface area (Å²) < 4.78 is 0. The van der Waals surface area contributed by atoms with Gasteiger partial charge < -0.3 is 21.4 Å². The smallest absolute Gasteiger partial charge is 0.170 e. The number of aliphatic hydroxyl groups excluding tert-OH is 1. The van der Waals surface area contributed by atoms with Gasteiger partial charge in [0.15, 0.2) is 5.84 Å². The minimum absolute atomic E-state index is 0.127. The maximum atomic E-state index is 9.41. The average molecular weight is 291 g/mol. The molecule has 0 bridgehead atoms. The fourth-order valence-electron chi connectivity index (χ4n) is 3.05. The number of aliphatic hydroxyl groups is 1. The van der Waals surface area contributed by atoms with E-state index in [0.717, 1.165) is 19.5 Å². The first-order chi connectivity index (χ1) is 10.2. The van der Waals surface area contributed by atoms with Gasteiger partial charge in [0.25, 0.3) is 0 Å². The molecule has 2 atom stereocenters. The van der Waals surface area contributed by atoms with Gasteiger partial charge in [-0.1, -0.05) is 42.3 Å². The van der Waals surface area contributed by atoms with Crippen molar-refractivity contribution in [1.29, 1.82) is 0 Å². The van der Waals surface area contributed by atoms with E-state index >= 15 is 0 Å². The minimum atomic E-state index is 0.127. The number of hydrogen-bond acceptors (Lipinski definition) is 4. The van der Waals surface area contributed by atoms with Crippen molar-refractivity contribution >= 4 is 5.84 Å². The number of nitrogens with two attached hydrogens (primary N) is 1. The Morgan fingerprint density at radius 1 is 1.19 bits per heavy atom. The van der Waals surface area contributed by atoms with Gasteiger partial charge in [-0.15, -0.1) is 0 Å². The van der Waals surface area contributed by atoms with Crippen LogP contribution in [0.4, 0.5) is 0 Å². The molecule has 5 heteroatoms. The zero-order valence-electron chi connectivity index (χ0n) is 12.3. The second-order valence-electron chi connectivity index (χ2n) is 5.80. The molecule has 1 aromatic carbocycles. The van der Waals surface area contributed by atoms with E-state index in [9.17, 15) is 5.11 Å². The molecule has 5 nitrogen and oxygen atoms in total. The lowest BCUT2D eigenvalue weighted by molar-refractivity contribution is 0.133. The molecule has 2 rings (SSSR count). The predicted octanol–water partition coefficient (Wildman–Crippen LogP) is 1.67. The van der Waals surface area contributed by atoms with Crippen molar-refractivity contribution in [3.8, 4) is 0 Å². The molecule has 2 unspecified atom stereocenters.